The van der Waals surface area contributed by atoms with Gasteiger partial charge in [0, 0.05) is 30.9 Å². The summed E-state index contributed by atoms with van der Waals surface area (Å²) in [7, 11) is 0. The number of hydrogen-bond donors (Lipinski definition) is 1. The molecule has 2 aliphatic heterocycles. The van der Waals surface area contributed by atoms with Crippen molar-refractivity contribution >= 4 is 11.8 Å². The fourth-order valence-corrected chi connectivity index (χ4v) is 2.64. The lowest BCUT2D eigenvalue weighted by atomic mass is 10.1. The summed E-state index contributed by atoms with van der Waals surface area (Å²) in [6.45, 7) is 0.719. The molecule has 2 saturated heterocycles. The van der Waals surface area contributed by atoms with Gasteiger partial charge >= 0.3 is 0 Å². The number of carbonyl (C=O) groups is 2. The van der Waals surface area contributed by atoms with Crippen LogP contribution < -0.4 is 5.32 Å². The van der Waals surface area contributed by atoms with Crippen molar-refractivity contribution in [1.82, 2.24) is 15.2 Å². The molecule has 5 heteroatoms. The van der Waals surface area contributed by atoms with E-state index in [1.165, 1.54) is 0 Å². The number of likely N-dealkylation sites (tertiary alicyclic amines) is 1. The number of carbonyl (C=O) groups excluding carboxylic acids is 2. The second-order valence-electron chi connectivity index (χ2n) is 4.47. The van der Waals surface area contributed by atoms with Gasteiger partial charge in [-0.15, -0.1) is 0 Å². The van der Waals surface area contributed by atoms with Gasteiger partial charge in [-0.3, -0.25) is 14.6 Å². The van der Waals surface area contributed by atoms with Crippen LogP contribution >= 0.6 is 0 Å². The predicted octanol–water partition coefficient (Wildman–Crippen LogP) is 0.185. The highest BCUT2D eigenvalue weighted by Gasteiger charge is 2.43. The molecule has 1 aromatic heterocycles. The van der Waals surface area contributed by atoms with Gasteiger partial charge in [0.15, 0.2) is 0 Å². The maximum absolute atomic E-state index is 12.3. The van der Waals surface area contributed by atoms with Gasteiger partial charge in [-0.2, -0.15) is 0 Å². The second kappa shape index (κ2) is 3.84. The van der Waals surface area contributed by atoms with Crippen LogP contribution in [0.3, 0.4) is 0 Å². The highest BCUT2D eigenvalue weighted by Crippen LogP contribution is 2.26. The zero-order valence-corrected chi connectivity index (χ0v) is 9.30. The Bertz CT molecular complexity index is 460. The minimum Gasteiger partial charge on any atom is -0.351 e. The Kier molecular flexibility index (Phi) is 2.31. The van der Waals surface area contributed by atoms with E-state index in [1.54, 1.807) is 29.4 Å². The molecule has 2 fully saturated rings. The standard InChI is InChI=1S/C12H13N3O2/c16-11-7-10-9(14-11)3-6-15(10)12(17)8-1-4-13-5-2-8/h1-2,4-5,9-10H,3,6-7H2,(H,14,16)/t9-,10-/m1/s1. The van der Waals surface area contributed by atoms with E-state index in [0.29, 0.717) is 12.0 Å². The lowest BCUT2D eigenvalue weighted by molar-refractivity contribution is -0.119. The molecule has 2 amide bonds. The van der Waals surface area contributed by atoms with E-state index in [4.69, 9.17) is 0 Å². The fourth-order valence-electron chi connectivity index (χ4n) is 2.64. The topological polar surface area (TPSA) is 62.3 Å². The predicted molar refractivity (Wildman–Crippen MR) is 60.2 cm³/mol. The molecular weight excluding hydrogens is 218 g/mol. The van der Waals surface area contributed by atoms with Crippen molar-refractivity contribution in [2.24, 2.45) is 0 Å². The molecule has 0 aliphatic carbocycles. The molecular formula is C12H13N3O2. The molecule has 3 rings (SSSR count). The van der Waals surface area contributed by atoms with Crippen LogP contribution in [-0.2, 0) is 4.79 Å². The molecule has 0 unspecified atom stereocenters. The maximum Gasteiger partial charge on any atom is 0.254 e. The second-order valence-corrected chi connectivity index (χ2v) is 4.47. The van der Waals surface area contributed by atoms with Crippen LogP contribution in [0.1, 0.15) is 23.2 Å². The van der Waals surface area contributed by atoms with Crippen molar-refractivity contribution in [2.75, 3.05) is 6.54 Å². The summed E-state index contributed by atoms with van der Waals surface area (Å²) in [5, 5.41) is 2.91. The highest BCUT2D eigenvalue weighted by atomic mass is 16.2. The number of nitrogens with one attached hydrogen (secondary N) is 1. The minimum absolute atomic E-state index is 0.00333. The third-order valence-corrected chi connectivity index (χ3v) is 3.47. The number of amides is 2. The fraction of sp³-hybridized carbons (Fsp3) is 0.417. The summed E-state index contributed by atoms with van der Waals surface area (Å²) in [6, 6.07) is 3.59. The molecule has 1 N–H and O–H groups in total. The first-order valence-electron chi connectivity index (χ1n) is 5.76. The Morgan fingerprint density at radius 1 is 1.41 bits per heavy atom. The van der Waals surface area contributed by atoms with Crippen LogP contribution in [0.4, 0.5) is 0 Å². The molecule has 17 heavy (non-hydrogen) atoms. The molecule has 2 aliphatic rings. The first-order chi connectivity index (χ1) is 8.25. The largest absolute Gasteiger partial charge is 0.351 e. The molecule has 0 saturated carbocycles. The van der Waals surface area contributed by atoms with Gasteiger partial charge in [0.2, 0.25) is 5.91 Å². The first-order valence-corrected chi connectivity index (χ1v) is 5.76. The van der Waals surface area contributed by atoms with E-state index in [1.807, 2.05) is 0 Å². The summed E-state index contributed by atoms with van der Waals surface area (Å²) in [6.07, 6.45) is 4.51. The molecule has 1 aromatic rings. The average molecular weight is 231 g/mol. The van der Waals surface area contributed by atoms with Gasteiger partial charge in [0.1, 0.15) is 0 Å². The van der Waals surface area contributed by atoms with Gasteiger partial charge in [0.05, 0.1) is 12.1 Å². The van der Waals surface area contributed by atoms with Gasteiger partial charge in [0.25, 0.3) is 5.91 Å². The lowest BCUT2D eigenvalue weighted by Crippen LogP contribution is -2.38. The quantitative estimate of drug-likeness (QED) is 0.750. The molecule has 0 bridgehead atoms. The first kappa shape index (κ1) is 10.3. The van der Waals surface area contributed by atoms with Crippen LogP contribution in [0.25, 0.3) is 0 Å². The van der Waals surface area contributed by atoms with E-state index in [-0.39, 0.29) is 23.9 Å². The monoisotopic (exact) mass is 231 g/mol. The summed E-state index contributed by atoms with van der Waals surface area (Å²) < 4.78 is 0. The van der Waals surface area contributed by atoms with Crippen LogP contribution in [-0.4, -0.2) is 40.3 Å². The van der Waals surface area contributed by atoms with Crippen LogP contribution in [0.15, 0.2) is 24.5 Å². The summed E-state index contributed by atoms with van der Waals surface area (Å²) in [4.78, 5) is 29.3. The average Bonchev–Trinajstić information content (AvgIpc) is 2.88. The highest BCUT2D eigenvalue weighted by molar-refractivity contribution is 5.95. The summed E-state index contributed by atoms with van der Waals surface area (Å²) in [5.74, 6) is 0.0450. The van der Waals surface area contributed by atoms with E-state index in [2.05, 4.69) is 10.3 Å². The summed E-state index contributed by atoms with van der Waals surface area (Å²) >= 11 is 0. The number of aromatic nitrogens is 1. The maximum atomic E-state index is 12.3. The third-order valence-electron chi connectivity index (χ3n) is 3.47. The minimum atomic E-state index is -0.00333. The van der Waals surface area contributed by atoms with Crippen molar-refractivity contribution in [3.8, 4) is 0 Å². The van der Waals surface area contributed by atoms with Crippen LogP contribution in [0.2, 0.25) is 0 Å². The SMILES string of the molecule is O=C1C[C@@H]2[C@@H](CCN2C(=O)c2ccncc2)N1. The summed E-state index contributed by atoms with van der Waals surface area (Å²) in [5.41, 5.74) is 0.639. The molecule has 3 heterocycles. The molecule has 88 valence electrons. The smallest absolute Gasteiger partial charge is 0.254 e. The number of fused-ring (bicyclic) bond motifs is 1. The van der Waals surface area contributed by atoms with Gasteiger partial charge in [-0.25, -0.2) is 0 Å². The molecule has 5 nitrogen and oxygen atoms in total. The molecule has 2 atom stereocenters. The van der Waals surface area contributed by atoms with Crippen LogP contribution in [0, 0.1) is 0 Å². The van der Waals surface area contributed by atoms with E-state index in [9.17, 15) is 9.59 Å². The van der Waals surface area contributed by atoms with Crippen molar-refractivity contribution in [2.45, 2.75) is 24.9 Å². The number of rotatable bonds is 1. The zero-order valence-electron chi connectivity index (χ0n) is 9.30. The van der Waals surface area contributed by atoms with Gasteiger partial charge in [-0.05, 0) is 18.6 Å². The van der Waals surface area contributed by atoms with Crippen molar-refractivity contribution in [3.63, 3.8) is 0 Å². The van der Waals surface area contributed by atoms with E-state index in [0.717, 1.165) is 13.0 Å². The Morgan fingerprint density at radius 3 is 2.94 bits per heavy atom. The Balaban J connectivity index is 1.82. The Labute approximate surface area is 98.8 Å². The third kappa shape index (κ3) is 1.67. The number of pyridine rings is 1. The Morgan fingerprint density at radius 2 is 2.18 bits per heavy atom. The lowest BCUT2D eigenvalue weighted by Gasteiger charge is -2.22. The van der Waals surface area contributed by atoms with Crippen molar-refractivity contribution < 1.29 is 9.59 Å². The van der Waals surface area contributed by atoms with E-state index >= 15 is 0 Å². The van der Waals surface area contributed by atoms with Crippen molar-refractivity contribution in [3.05, 3.63) is 30.1 Å². The molecule has 0 radical (unpaired) electrons. The molecule has 0 spiro atoms. The molecule has 0 aromatic carbocycles. The number of hydrogen-bond acceptors (Lipinski definition) is 3. The zero-order chi connectivity index (χ0) is 11.8. The van der Waals surface area contributed by atoms with Gasteiger partial charge < -0.3 is 10.2 Å². The van der Waals surface area contributed by atoms with Crippen LogP contribution in [0.5, 0.6) is 0 Å². The van der Waals surface area contributed by atoms with Crippen molar-refractivity contribution in [1.29, 1.82) is 0 Å². The van der Waals surface area contributed by atoms with E-state index < -0.39 is 0 Å². The Hall–Kier alpha value is -1.91. The number of nitrogens with zero attached hydrogens (tertiary/aromatic N) is 2. The normalized spacial score (nSPS) is 26.8. The van der Waals surface area contributed by atoms with Gasteiger partial charge in [-0.1, -0.05) is 0 Å².